The number of benzene rings is 2. The van der Waals surface area contributed by atoms with Crippen molar-refractivity contribution in [3.8, 4) is 11.1 Å². The third-order valence-electron chi connectivity index (χ3n) is 5.22. The lowest BCUT2D eigenvalue weighted by Gasteiger charge is -2.17. The number of rotatable bonds is 7. The molecule has 2 aromatic carbocycles. The number of carbonyl (C=O) groups is 2. The first-order valence-corrected chi connectivity index (χ1v) is 10.00. The van der Waals surface area contributed by atoms with Gasteiger partial charge in [0, 0.05) is 37.3 Å². The molecule has 0 bridgehead atoms. The van der Waals surface area contributed by atoms with Crippen molar-refractivity contribution in [2.45, 2.75) is 33.1 Å². The van der Waals surface area contributed by atoms with Crippen LogP contribution in [0.2, 0.25) is 0 Å². The lowest BCUT2D eigenvalue weighted by molar-refractivity contribution is -0.118. The maximum Gasteiger partial charge on any atom is 0.226 e. The minimum Gasteiger partial charge on any atom is -0.316 e. The van der Waals surface area contributed by atoms with E-state index in [1.165, 1.54) is 12.3 Å². The number of carbonyl (C=O) groups excluding carboxylic acids is 2. The van der Waals surface area contributed by atoms with Crippen molar-refractivity contribution < 1.29 is 14.0 Å². The van der Waals surface area contributed by atoms with Gasteiger partial charge >= 0.3 is 0 Å². The minimum atomic E-state index is -0.520. The van der Waals surface area contributed by atoms with E-state index >= 15 is 0 Å². The largest absolute Gasteiger partial charge is 0.316 e. The summed E-state index contributed by atoms with van der Waals surface area (Å²) in [6.45, 7) is 3.83. The summed E-state index contributed by atoms with van der Waals surface area (Å²) in [7, 11) is 1.77. The molecule has 1 heterocycles. The van der Waals surface area contributed by atoms with Crippen molar-refractivity contribution in [2.24, 2.45) is 0 Å². The van der Waals surface area contributed by atoms with Gasteiger partial charge in [0.1, 0.15) is 0 Å². The lowest BCUT2D eigenvalue weighted by atomic mass is 9.95. The van der Waals surface area contributed by atoms with Crippen molar-refractivity contribution in [2.75, 3.05) is 11.9 Å². The van der Waals surface area contributed by atoms with E-state index in [1.54, 1.807) is 18.0 Å². The average molecular weight is 404 g/mol. The normalized spacial score (nSPS) is 10.7. The van der Waals surface area contributed by atoms with E-state index in [2.05, 4.69) is 4.98 Å². The highest BCUT2D eigenvalue weighted by atomic mass is 19.1. The van der Waals surface area contributed by atoms with Gasteiger partial charge in [-0.25, -0.2) is 4.98 Å². The topological polar surface area (TPSA) is 50.3 Å². The van der Waals surface area contributed by atoms with Crippen LogP contribution in [0, 0.1) is 12.9 Å². The molecule has 0 saturated heterocycles. The Morgan fingerprint density at radius 2 is 1.77 bits per heavy atom. The zero-order chi connectivity index (χ0) is 21.7. The van der Waals surface area contributed by atoms with Crippen molar-refractivity contribution in [3.63, 3.8) is 0 Å². The number of anilines is 1. The van der Waals surface area contributed by atoms with Gasteiger partial charge in [-0.05, 0) is 59.9 Å². The summed E-state index contributed by atoms with van der Waals surface area (Å²) in [4.78, 5) is 29.7. The summed E-state index contributed by atoms with van der Waals surface area (Å²) in [6, 6.07) is 16.5. The molecule has 0 saturated carbocycles. The molecule has 0 fully saturated rings. The molecule has 0 radical (unpaired) electrons. The molecule has 5 heteroatoms. The summed E-state index contributed by atoms with van der Waals surface area (Å²) >= 11 is 0. The second-order valence-corrected chi connectivity index (χ2v) is 7.30. The van der Waals surface area contributed by atoms with Gasteiger partial charge in [-0.3, -0.25) is 9.59 Å². The van der Waals surface area contributed by atoms with Crippen molar-refractivity contribution in [1.82, 2.24) is 4.98 Å². The highest BCUT2D eigenvalue weighted by Gasteiger charge is 2.12. The van der Waals surface area contributed by atoms with Crippen LogP contribution < -0.4 is 4.90 Å². The molecule has 0 unspecified atom stereocenters. The van der Waals surface area contributed by atoms with Crippen LogP contribution in [-0.2, 0) is 11.2 Å². The van der Waals surface area contributed by atoms with Crippen molar-refractivity contribution in [1.29, 1.82) is 0 Å². The van der Waals surface area contributed by atoms with Gasteiger partial charge in [0.15, 0.2) is 5.78 Å². The number of halogens is 1. The van der Waals surface area contributed by atoms with E-state index in [1.807, 2.05) is 56.3 Å². The Morgan fingerprint density at radius 3 is 2.37 bits per heavy atom. The molecule has 0 N–H and O–H groups in total. The molecule has 0 aliphatic carbocycles. The first-order chi connectivity index (χ1) is 14.4. The van der Waals surface area contributed by atoms with Gasteiger partial charge in [-0.15, -0.1) is 0 Å². The molecule has 0 aliphatic rings. The summed E-state index contributed by atoms with van der Waals surface area (Å²) in [5.41, 5.74) is 5.44. The van der Waals surface area contributed by atoms with Gasteiger partial charge in [0.25, 0.3) is 0 Å². The van der Waals surface area contributed by atoms with E-state index in [0.717, 1.165) is 27.9 Å². The van der Waals surface area contributed by atoms with Gasteiger partial charge < -0.3 is 4.90 Å². The Hall–Kier alpha value is -3.34. The number of aryl methyl sites for hydroxylation is 2. The van der Waals surface area contributed by atoms with E-state index in [9.17, 15) is 14.0 Å². The molecule has 0 atom stereocenters. The summed E-state index contributed by atoms with van der Waals surface area (Å²) in [5, 5.41) is 0. The van der Waals surface area contributed by atoms with E-state index < -0.39 is 5.95 Å². The number of nitrogens with zero attached hydrogens (tertiary/aromatic N) is 2. The van der Waals surface area contributed by atoms with Crippen LogP contribution in [0.25, 0.3) is 11.1 Å². The van der Waals surface area contributed by atoms with Crippen LogP contribution >= 0.6 is 0 Å². The summed E-state index contributed by atoms with van der Waals surface area (Å²) in [6.07, 6.45) is 2.80. The Labute approximate surface area is 176 Å². The predicted molar refractivity (Wildman–Crippen MR) is 117 cm³/mol. The minimum absolute atomic E-state index is 0.0454. The Balaban J connectivity index is 1.70. The van der Waals surface area contributed by atoms with Crippen molar-refractivity contribution in [3.05, 3.63) is 83.4 Å². The molecule has 4 nitrogen and oxygen atoms in total. The molecule has 3 aromatic rings. The first kappa shape index (κ1) is 21.4. The smallest absolute Gasteiger partial charge is 0.226 e. The fraction of sp³-hybridized carbons (Fsp3) is 0.240. The molecule has 3 rings (SSSR count). The van der Waals surface area contributed by atoms with Gasteiger partial charge in [0.05, 0.1) is 0 Å². The summed E-state index contributed by atoms with van der Waals surface area (Å²) in [5.74, 6) is -0.407. The maximum atomic E-state index is 12.9. The molecule has 1 aromatic heterocycles. The average Bonchev–Trinajstić information content (AvgIpc) is 2.77. The Morgan fingerprint density at radius 1 is 1.03 bits per heavy atom. The van der Waals surface area contributed by atoms with Gasteiger partial charge in [-0.1, -0.05) is 37.3 Å². The predicted octanol–water partition coefficient (Wildman–Crippen LogP) is 5.38. The number of hydrogen-bond acceptors (Lipinski definition) is 3. The van der Waals surface area contributed by atoms with Crippen LogP contribution in [0.3, 0.4) is 0 Å². The fourth-order valence-corrected chi connectivity index (χ4v) is 3.36. The second-order valence-electron chi connectivity index (χ2n) is 7.30. The maximum absolute atomic E-state index is 12.9. The Bertz CT molecular complexity index is 1040. The number of hydrogen-bond donors (Lipinski definition) is 0. The highest BCUT2D eigenvalue weighted by molar-refractivity contribution is 5.97. The van der Waals surface area contributed by atoms with E-state index in [4.69, 9.17) is 0 Å². The number of amides is 1. The third kappa shape index (κ3) is 4.98. The molecule has 1 amide bonds. The quantitative estimate of drug-likeness (QED) is 0.392. The van der Waals surface area contributed by atoms with Gasteiger partial charge in [0.2, 0.25) is 11.9 Å². The van der Waals surface area contributed by atoms with Crippen LogP contribution in [0.15, 0.2) is 60.8 Å². The molecular formula is C25H25FN2O2. The van der Waals surface area contributed by atoms with E-state index in [-0.39, 0.29) is 11.7 Å². The number of aromatic nitrogens is 1. The number of ketones is 1. The molecule has 154 valence electrons. The summed E-state index contributed by atoms with van der Waals surface area (Å²) < 4.78 is 12.9. The highest BCUT2D eigenvalue weighted by Crippen LogP contribution is 2.27. The molecule has 30 heavy (non-hydrogen) atoms. The van der Waals surface area contributed by atoms with Gasteiger partial charge in [-0.2, -0.15) is 4.39 Å². The molecular weight excluding hydrogens is 379 g/mol. The fourth-order valence-electron chi connectivity index (χ4n) is 3.36. The van der Waals surface area contributed by atoms with E-state index in [0.29, 0.717) is 24.8 Å². The third-order valence-corrected chi connectivity index (χ3v) is 5.22. The zero-order valence-electron chi connectivity index (χ0n) is 17.5. The van der Waals surface area contributed by atoms with Crippen molar-refractivity contribution >= 4 is 17.4 Å². The zero-order valence-corrected chi connectivity index (χ0v) is 17.5. The second kappa shape index (κ2) is 9.44. The molecule has 0 aliphatic heterocycles. The van der Waals surface area contributed by atoms with Crippen LogP contribution in [0.4, 0.5) is 10.1 Å². The lowest BCUT2D eigenvalue weighted by Crippen LogP contribution is -2.24. The molecule has 0 spiro atoms. The number of Topliss-reactive ketones (excluding diaryl/α,β-unsaturated/α-hetero) is 1. The standard InChI is InChI=1S/C25H25FN2O2/c1-4-25(30)28(3)21-10-7-19(8-11-21)22-12-9-20(15-17(22)2)23(29)13-5-18-6-14-24(26)27-16-18/h6-12,14-16H,4-5,13H2,1-3H3. The monoisotopic (exact) mass is 404 g/mol. The SMILES string of the molecule is CCC(=O)N(C)c1ccc(-c2ccc(C(=O)CCc3ccc(F)nc3)cc2C)cc1. The van der Waals surface area contributed by atoms with Crippen LogP contribution in [0.1, 0.15) is 41.3 Å². The van der Waals surface area contributed by atoms with Crippen LogP contribution in [-0.4, -0.2) is 23.7 Å². The Kier molecular flexibility index (Phi) is 6.72. The van der Waals surface area contributed by atoms with Crippen LogP contribution in [0.5, 0.6) is 0 Å². The first-order valence-electron chi connectivity index (χ1n) is 10.00. The number of pyridine rings is 1.